The van der Waals surface area contributed by atoms with Crippen LogP contribution in [-0.2, 0) is 0 Å². The van der Waals surface area contributed by atoms with Crippen LogP contribution in [0.2, 0.25) is 0 Å². The predicted molar refractivity (Wildman–Crippen MR) is 105 cm³/mol. The Hall–Kier alpha value is -4.05. The van der Waals surface area contributed by atoms with Crippen molar-refractivity contribution in [2.75, 3.05) is 5.32 Å². The minimum absolute atomic E-state index is 0.251. The quantitative estimate of drug-likeness (QED) is 0.596. The second kappa shape index (κ2) is 6.93. The van der Waals surface area contributed by atoms with Crippen LogP contribution in [0.1, 0.15) is 27.0 Å². The van der Waals surface area contributed by atoms with Crippen molar-refractivity contribution in [3.63, 3.8) is 0 Å². The number of nitrogens with one attached hydrogen (secondary N) is 1. The lowest BCUT2D eigenvalue weighted by molar-refractivity contribution is 0.102. The average Bonchev–Trinajstić information content (AvgIpc) is 3.12. The molecule has 3 heterocycles. The van der Waals surface area contributed by atoms with E-state index in [-0.39, 0.29) is 17.3 Å². The number of para-hydroxylation sites is 1. The zero-order valence-electron chi connectivity index (χ0n) is 15.3. The normalized spacial score (nSPS) is 10.6. The second-order valence-electron chi connectivity index (χ2n) is 6.39. The SMILES string of the molecule is Cc1cc(-n2ncc(C#N)c2NC(=O)c2cccnc2)nc2c(C)cccc12. The van der Waals surface area contributed by atoms with Crippen molar-refractivity contribution < 1.29 is 4.79 Å². The van der Waals surface area contributed by atoms with Gasteiger partial charge in [-0.25, -0.2) is 4.98 Å². The molecule has 0 aliphatic heterocycles. The number of aryl methyl sites for hydroxylation is 2. The van der Waals surface area contributed by atoms with Gasteiger partial charge in [-0.1, -0.05) is 18.2 Å². The molecule has 3 aromatic heterocycles. The molecule has 7 nitrogen and oxygen atoms in total. The Morgan fingerprint density at radius 1 is 1.14 bits per heavy atom. The summed E-state index contributed by atoms with van der Waals surface area (Å²) in [6.07, 6.45) is 4.47. The van der Waals surface area contributed by atoms with Gasteiger partial charge >= 0.3 is 0 Å². The highest BCUT2D eigenvalue weighted by Gasteiger charge is 2.18. The molecule has 1 aromatic carbocycles. The minimum Gasteiger partial charge on any atom is -0.305 e. The molecule has 0 atom stereocenters. The summed E-state index contributed by atoms with van der Waals surface area (Å²) in [6.45, 7) is 3.99. The molecule has 0 saturated carbocycles. The molecule has 0 saturated heterocycles. The number of anilines is 1. The van der Waals surface area contributed by atoms with E-state index in [2.05, 4.69) is 21.5 Å². The smallest absolute Gasteiger partial charge is 0.258 e. The van der Waals surface area contributed by atoms with Gasteiger partial charge in [0.2, 0.25) is 0 Å². The maximum Gasteiger partial charge on any atom is 0.258 e. The van der Waals surface area contributed by atoms with Crippen LogP contribution in [0.4, 0.5) is 5.82 Å². The van der Waals surface area contributed by atoms with Crippen molar-refractivity contribution >= 4 is 22.6 Å². The number of carbonyl (C=O) groups is 1. The van der Waals surface area contributed by atoms with Gasteiger partial charge in [-0.15, -0.1) is 0 Å². The van der Waals surface area contributed by atoms with Gasteiger partial charge in [-0.3, -0.25) is 9.78 Å². The van der Waals surface area contributed by atoms with Gasteiger partial charge in [0, 0.05) is 17.8 Å². The van der Waals surface area contributed by atoms with E-state index in [9.17, 15) is 10.1 Å². The highest BCUT2D eigenvalue weighted by Crippen LogP contribution is 2.25. The lowest BCUT2D eigenvalue weighted by atomic mass is 10.1. The molecule has 0 bridgehead atoms. The zero-order chi connectivity index (χ0) is 19.7. The van der Waals surface area contributed by atoms with Gasteiger partial charge in [0.15, 0.2) is 11.6 Å². The number of carbonyl (C=O) groups excluding carboxylic acids is 1. The molecule has 0 aliphatic carbocycles. The van der Waals surface area contributed by atoms with Crippen molar-refractivity contribution in [3.05, 3.63) is 77.2 Å². The molecule has 28 heavy (non-hydrogen) atoms. The first-order valence-corrected chi connectivity index (χ1v) is 8.65. The van der Waals surface area contributed by atoms with E-state index in [0.717, 1.165) is 22.0 Å². The number of nitriles is 1. The predicted octanol–water partition coefficient (Wildman–Crippen LogP) is 3.56. The summed E-state index contributed by atoms with van der Waals surface area (Å²) in [5.41, 5.74) is 3.56. The Morgan fingerprint density at radius 2 is 2.00 bits per heavy atom. The molecule has 1 amide bonds. The summed E-state index contributed by atoms with van der Waals surface area (Å²) in [6, 6.07) is 13.3. The first kappa shape index (κ1) is 17.4. The third-order valence-electron chi connectivity index (χ3n) is 4.50. The van der Waals surface area contributed by atoms with Crippen LogP contribution in [0.3, 0.4) is 0 Å². The van der Waals surface area contributed by atoms with Gasteiger partial charge in [-0.05, 0) is 43.2 Å². The van der Waals surface area contributed by atoms with Gasteiger partial charge in [0.25, 0.3) is 5.91 Å². The van der Waals surface area contributed by atoms with E-state index in [1.165, 1.54) is 17.1 Å². The summed E-state index contributed by atoms with van der Waals surface area (Å²) in [4.78, 5) is 21.2. The van der Waals surface area contributed by atoms with Gasteiger partial charge in [0.1, 0.15) is 11.6 Å². The number of hydrogen-bond donors (Lipinski definition) is 1. The number of aromatic nitrogens is 4. The zero-order valence-corrected chi connectivity index (χ0v) is 15.3. The molecule has 4 rings (SSSR count). The van der Waals surface area contributed by atoms with Gasteiger partial charge < -0.3 is 5.32 Å². The summed E-state index contributed by atoms with van der Waals surface area (Å²) >= 11 is 0. The Bertz CT molecular complexity index is 1240. The van der Waals surface area contributed by atoms with Crippen molar-refractivity contribution in [1.82, 2.24) is 19.7 Å². The molecule has 1 N–H and O–H groups in total. The highest BCUT2D eigenvalue weighted by atomic mass is 16.1. The third-order valence-corrected chi connectivity index (χ3v) is 4.50. The molecule has 0 fully saturated rings. The van der Waals surface area contributed by atoms with Crippen LogP contribution in [0.15, 0.2) is 55.0 Å². The number of benzene rings is 1. The van der Waals surface area contributed by atoms with Crippen LogP contribution >= 0.6 is 0 Å². The summed E-state index contributed by atoms with van der Waals surface area (Å²) in [7, 11) is 0. The number of amides is 1. The fraction of sp³-hybridized carbons (Fsp3) is 0.0952. The van der Waals surface area contributed by atoms with Crippen LogP contribution in [0.25, 0.3) is 16.7 Å². The monoisotopic (exact) mass is 368 g/mol. The van der Waals surface area contributed by atoms with Crippen LogP contribution < -0.4 is 5.32 Å². The van der Waals surface area contributed by atoms with E-state index in [1.54, 1.807) is 18.3 Å². The fourth-order valence-electron chi connectivity index (χ4n) is 3.05. The molecule has 0 radical (unpaired) electrons. The van der Waals surface area contributed by atoms with Crippen molar-refractivity contribution in [2.24, 2.45) is 0 Å². The van der Waals surface area contributed by atoms with Crippen molar-refractivity contribution in [2.45, 2.75) is 13.8 Å². The Kier molecular flexibility index (Phi) is 4.30. The molecular weight excluding hydrogens is 352 g/mol. The van der Waals surface area contributed by atoms with Crippen molar-refractivity contribution in [3.8, 4) is 11.9 Å². The lowest BCUT2D eigenvalue weighted by Gasteiger charge is -2.12. The van der Waals surface area contributed by atoms with Gasteiger partial charge in [-0.2, -0.15) is 15.0 Å². The summed E-state index contributed by atoms with van der Waals surface area (Å²) in [5, 5.41) is 17.5. The average molecular weight is 368 g/mol. The number of fused-ring (bicyclic) bond motifs is 1. The van der Waals surface area contributed by atoms with Crippen LogP contribution in [0.5, 0.6) is 0 Å². The maximum absolute atomic E-state index is 12.6. The number of nitrogens with zero attached hydrogens (tertiary/aromatic N) is 5. The van der Waals surface area contributed by atoms with E-state index in [1.807, 2.05) is 38.1 Å². The largest absolute Gasteiger partial charge is 0.305 e. The molecule has 7 heteroatoms. The van der Waals surface area contributed by atoms with Gasteiger partial charge in [0.05, 0.1) is 17.3 Å². The van der Waals surface area contributed by atoms with E-state index >= 15 is 0 Å². The van der Waals surface area contributed by atoms with E-state index in [4.69, 9.17) is 4.98 Å². The van der Waals surface area contributed by atoms with E-state index in [0.29, 0.717) is 11.4 Å². The topological polar surface area (TPSA) is 96.5 Å². The van der Waals surface area contributed by atoms with Crippen LogP contribution in [0, 0.1) is 25.2 Å². The Labute approximate surface area is 161 Å². The summed E-state index contributed by atoms with van der Waals surface area (Å²) < 4.78 is 1.48. The van der Waals surface area contributed by atoms with Crippen molar-refractivity contribution in [1.29, 1.82) is 5.26 Å². The molecular formula is C21H16N6O. The Morgan fingerprint density at radius 3 is 2.75 bits per heavy atom. The van der Waals surface area contributed by atoms with Crippen LogP contribution in [-0.4, -0.2) is 25.7 Å². The standard InChI is InChI=1S/C21H16N6O/c1-13-5-3-7-17-14(2)9-18(25-19(13)17)27-20(16(10-22)12-24-27)26-21(28)15-6-4-8-23-11-15/h3-9,11-12H,1-2H3,(H,26,28). The first-order valence-electron chi connectivity index (χ1n) is 8.65. The molecule has 4 aromatic rings. The number of hydrogen-bond acceptors (Lipinski definition) is 5. The maximum atomic E-state index is 12.6. The Balaban J connectivity index is 1.83. The first-order chi connectivity index (χ1) is 13.6. The molecule has 136 valence electrons. The fourth-order valence-corrected chi connectivity index (χ4v) is 3.05. The van der Waals surface area contributed by atoms with E-state index < -0.39 is 0 Å². The summed E-state index contributed by atoms with van der Waals surface area (Å²) in [5.74, 6) is 0.429. The molecule has 0 aliphatic rings. The number of rotatable bonds is 3. The molecule has 0 unspecified atom stereocenters. The second-order valence-corrected chi connectivity index (χ2v) is 6.39. The third kappa shape index (κ3) is 2.97. The lowest BCUT2D eigenvalue weighted by Crippen LogP contribution is -2.16. The minimum atomic E-state index is -0.375. The number of pyridine rings is 2. The molecule has 0 spiro atoms. The highest BCUT2D eigenvalue weighted by molar-refractivity contribution is 6.04.